The number of benzene rings is 1. The minimum absolute atomic E-state index is 0.114. The minimum Gasteiger partial charge on any atom is -0.337 e. The largest absolute Gasteiger partial charge is 0.337 e. The van der Waals surface area contributed by atoms with E-state index >= 15 is 0 Å². The van der Waals surface area contributed by atoms with Gasteiger partial charge in [-0.2, -0.15) is 0 Å². The molecule has 0 aliphatic carbocycles. The lowest BCUT2D eigenvalue weighted by atomic mass is 10.0. The standard InChI is InChI=1S/C21H22F2N6O2/c1-13(2)19(29-12-26-16-9-14(22)15(23)10-18(16)29)21(31)28-7-5-27(6-8-28)20(30)17-11-24-3-4-25-17/h3-4,9-13,19H,5-8H2,1-2H3. The normalized spacial score (nSPS) is 15.5. The van der Waals surface area contributed by atoms with Crippen molar-refractivity contribution in [1.82, 2.24) is 29.3 Å². The maximum Gasteiger partial charge on any atom is 0.274 e. The summed E-state index contributed by atoms with van der Waals surface area (Å²) >= 11 is 0. The van der Waals surface area contributed by atoms with Crippen molar-refractivity contribution in [3.8, 4) is 0 Å². The number of hydrogen-bond donors (Lipinski definition) is 0. The smallest absolute Gasteiger partial charge is 0.274 e. The molecule has 3 heterocycles. The van der Waals surface area contributed by atoms with Crippen molar-refractivity contribution in [2.75, 3.05) is 26.2 Å². The van der Waals surface area contributed by atoms with E-state index in [4.69, 9.17) is 0 Å². The fraction of sp³-hybridized carbons (Fsp3) is 0.381. The quantitative estimate of drug-likeness (QED) is 0.637. The third-order valence-electron chi connectivity index (χ3n) is 5.46. The summed E-state index contributed by atoms with van der Waals surface area (Å²) in [4.78, 5) is 41.3. The molecule has 1 aliphatic rings. The van der Waals surface area contributed by atoms with Crippen molar-refractivity contribution in [2.24, 2.45) is 5.92 Å². The first-order valence-electron chi connectivity index (χ1n) is 10.0. The maximum atomic E-state index is 13.8. The monoisotopic (exact) mass is 428 g/mol. The van der Waals surface area contributed by atoms with Crippen LogP contribution in [0.2, 0.25) is 0 Å². The van der Waals surface area contributed by atoms with Gasteiger partial charge in [0, 0.05) is 50.7 Å². The molecule has 10 heteroatoms. The van der Waals surface area contributed by atoms with E-state index < -0.39 is 17.7 Å². The molecular weight excluding hydrogens is 406 g/mol. The van der Waals surface area contributed by atoms with Crippen molar-refractivity contribution < 1.29 is 18.4 Å². The van der Waals surface area contributed by atoms with E-state index in [1.807, 2.05) is 13.8 Å². The SMILES string of the molecule is CC(C)C(C(=O)N1CCN(C(=O)c2cnccn2)CC1)n1cnc2cc(F)c(F)cc21. The number of amides is 2. The van der Waals surface area contributed by atoms with Gasteiger partial charge in [0.1, 0.15) is 11.7 Å². The average Bonchev–Trinajstić information content (AvgIpc) is 3.16. The molecule has 1 fully saturated rings. The number of fused-ring (bicyclic) bond motifs is 1. The summed E-state index contributed by atoms with van der Waals surface area (Å²) in [6, 6.07) is 1.47. The first-order chi connectivity index (χ1) is 14.9. The summed E-state index contributed by atoms with van der Waals surface area (Å²) in [6.45, 7) is 5.25. The number of carbonyl (C=O) groups is 2. The Hall–Kier alpha value is -3.43. The van der Waals surface area contributed by atoms with Crippen LogP contribution in [0.25, 0.3) is 11.0 Å². The molecule has 0 radical (unpaired) electrons. The Morgan fingerprint density at radius 3 is 2.29 bits per heavy atom. The Kier molecular flexibility index (Phi) is 5.62. The number of halogens is 2. The van der Waals surface area contributed by atoms with E-state index in [0.29, 0.717) is 31.7 Å². The molecule has 8 nitrogen and oxygen atoms in total. The van der Waals surface area contributed by atoms with Crippen LogP contribution in [-0.2, 0) is 4.79 Å². The Bertz CT molecular complexity index is 1110. The van der Waals surface area contributed by atoms with Gasteiger partial charge in [-0.15, -0.1) is 0 Å². The molecule has 162 valence electrons. The van der Waals surface area contributed by atoms with E-state index in [9.17, 15) is 18.4 Å². The topological polar surface area (TPSA) is 84.2 Å². The van der Waals surface area contributed by atoms with Gasteiger partial charge in [0.15, 0.2) is 11.6 Å². The molecule has 0 bridgehead atoms. The number of carbonyl (C=O) groups excluding carboxylic acids is 2. The van der Waals surface area contributed by atoms with Crippen LogP contribution in [-0.4, -0.2) is 67.3 Å². The predicted octanol–water partition coefficient (Wildman–Crippen LogP) is 2.29. The van der Waals surface area contributed by atoms with Crippen LogP contribution in [0.15, 0.2) is 37.1 Å². The van der Waals surface area contributed by atoms with Crippen LogP contribution in [0.4, 0.5) is 8.78 Å². The van der Waals surface area contributed by atoms with E-state index in [1.54, 1.807) is 14.4 Å². The lowest BCUT2D eigenvalue weighted by Crippen LogP contribution is -2.52. The molecular formula is C21H22F2N6O2. The highest BCUT2D eigenvalue weighted by Gasteiger charge is 2.33. The van der Waals surface area contributed by atoms with Gasteiger partial charge in [-0.05, 0) is 5.92 Å². The Labute approximate surface area is 177 Å². The Balaban J connectivity index is 1.52. The number of hydrogen-bond acceptors (Lipinski definition) is 5. The third kappa shape index (κ3) is 3.97. The average molecular weight is 428 g/mol. The van der Waals surface area contributed by atoms with Gasteiger partial charge in [-0.1, -0.05) is 13.8 Å². The molecule has 2 aromatic heterocycles. The molecule has 3 aromatic rings. The summed E-state index contributed by atoms with van der Waals surface area (Å²) in [5.74, 6) is -2.45. The number of piperazine rings is 1. The first kappa shape index (κ1) is 20.8. The predicted molar refractivity (Wildman–Crippen MR) is 108 cm³/mol. The van der Waals surface area contributed by atoms with Crippen LogP contribution in [0.1, 0.15) is 30.4 Å². The maximum absolute atomic E-state index is 13.8. The fourth-order valence-electron chi connectivity index (χ4n) is 3.86. The van der Waals surface area contributed by atoms with E-state index in [-0.39, 0.29) is 28.9 Å². The molecule has 1 aliphatic heterocycles. The van der Waals surface area contributed by atoms with E-state index in [2.05, 4.69) is 15.0 Å². The fourth-order valence-corrected chi connectivity index (χ4v) is 3.86. The van der Waals surface area contributed by atoms with Crippen LogP contribution >= 0.6 is 0 Å². The third-order valence-corrected chi connectivity index (χ3v) is 5.46. The molecule has 0 saturated carbocycles. The lowest BCUT2D eigenvalue weighted by molar-refractivity contribution is -0.137. The second-order valence-corrected chi connectivity index (χ2v) is 7.80. The summed E-state index contributed by atoms with van der Waals surface area (Å²) in [5.41, 5.74) is 0.917. The van der Waals surface area contributed by atoms with Crippen molar-refractivity contribution in [3.63, 3.8) is 0 Å². The van der Waals surface area contributed by atoms with Crippen molar-refractivity contribution in [1.29, 1.82) is 0 Å². The molecule has 31 heavy (non-hydrogen) atoms. The number of imidazole rings is 1. The highest BCUT2D eigenvalue weighted by Crippen LogP contribution is 2.27. The molecule has 1 aromatic carbocycles. The van der Waals surface area contributed by atoms with Crippen LogP contribution in [0.3, 0.4) is 0 Å². The molecule has 1 atom stereocenters. The van der Waals surface area contributed by atoms with Crippen LogP contribution < -0.4 is 0 Å². The molecule has 0 N–H and O–H groups in total. The van der Waals surface area contributed by atoms with Crippen molar-refractivity contribution >= 4 is 22.8 Å². The van der Waals surface area contributed by atoms with E-state index in [1.165, 1.54) is 24.9 Å². The second-order valence-electron chi connectivity index (χ2n) is 7.80. The van der Waals surface area contributed by atoms with Crippen molar-refractivity contribution in [3.05, 3.63) is 54.4 Å². The number of rotatable bonds is 4. The van der Waals surface area contributed by atoms with Gasteiger partial charge in [-0.25, -0.2) is 18.7 Å². The molecule has 4 rings (SSSR count). The lowest BCUT2D eigenvalue weighted by Gasteiger charge is -2.37. The van der Waals surface area contributed by atoms with Crippen LogP contribution in [0, 0.1) is 17.6 Å². The number of aromatic nitrogens is 4. The zero-order chi connectivity index (χ0) is 22.1. The molecule has 1 unspecified atom stereocenters. The molecule has 2 amide bonds. The second kappa shape index (κ2) is 8.37. The highest BCUT2D eigenvalue weighted by atomic mass is 19.2. The van der Waals surface area contributed by atoms with Crippen molar-refractivity contribution in [2.45, 2.75) is 19.9 Å². The van der Waals surface area contributed by atoms with Crippen LogP contribution in [0.5, 0.6) is 0 Å². The van der Waals surface area contributed by atoms with Gasteiger partial charge < -0.3 is 14.4 Å². The van der Waals surface area contributed by atoms with Gasteiger partial charge in [0.2, 0.25) is 5.91 Å². The zero-order valence-corrected chi connectivity index (χ0v) is 17.2. The Morgan fingerprint density at radius 2 is 1.65 bits per heavy atom. The minimum atomic E-state index is -0.986. The Morgan fingerprint density at radius 1 is 0.968 bits per heavy atom. The van der Waals surface area contributed by atoms with Gasteiger partial charge in [0.25, 0.3) is 5.91 Å². The summed E-state index contributed by atoms with van der Waals surface area (Å²) in [5, 5.41) is 0. The number of nitrogens with zero attached hydrogens (tertiary/aromatic N) is 6. The highest BCUT2D eigenvalue weighted by molar-refractivity contribution is 5.92. The first-order valence-corrected chi connectivity index (χ1v) is 10.0. The van der Waals surface area contributed by atoms with Gasteiger partial charge >= 0.3 is 0 Å². The zero-order valence-electron chi connectivity index (χ0n) is 17.2. The summed E-state index contributed by atoms with van der Waals surface area (Å²) < 4.78 is 29.0. The molecule has 0 spiro atoms. The van der Waals surface area contributed by atoms with E-state index in [0.717, 1.165) is 12.1 Å². The molecule has 1 saturated heterocycles. The van der Waals surface area contributed by atoms with Gasteiger partial charge in [-0.3, -0.25) is 14.6 Å². The van der Waals surface area contributed by atoms with Gasteiger partial charge in [0.05, 0.1) is 23.6 Å². The summed E-state index contributed by atoms with van der Waals surface area (Å²) in [7, 11) is 0. The summed E-state index contributed by atoms with van der Waals surface area (Å²) in [6.07, 6.45) is 5.82.